The zero-order valence-electron chi connectivity index (χ0n) is 14.0. The van der Waals surface area contributed by atoms with Crippen molar-refractivity contribution < 1.29 is 14.3 Å². The number of anilines is 1. The molecular formula is C17H23N3O3. The largest absolute Gasteiger partial charge is 0.493 e. The van der Waals surface area contributed by atoms with Gasteiger partial charge in [0.25, 0.3) is 5.91 Å². The van der Waals surface area contributed by atoms with Gasteiger partial charge in [0.2, 0.25) is 0 Å². The third-order valence-electron chi connectivity index (χ3n) is 3.65. The summed E-state index contributed by atoms with van der Waals surface area (Å²) in [6.45, 7) is 6.57. The van der Waals surface area contributed by atoms with Gasteiger partial charge in [-0.1, -0.05) is 6.92 Å². The van der Waals surface area contributed by atoms with E-state index in [9.17, 15) is 4.79 Å². The molecule has 2 aromatic rings. The lowest BCUT2D eigenvalue weighted by atomic mass is 10.2. The number of rotatable bonds is 7. The predicted octanol–water partition coefficient (Wildman–Crippen LogP) is 3.51. The van der Waals surface area contributed by atoms with Gasteiger partial charge in [0.05, 0.1) is 26.0 Å². The molecule has 23 heavy (non-hydrogen) atoms. The number of carbonyl (C=O) groups is 1. The second-order valence-electron chi connectivity index (χ2n) is 5.17. The minimum Gasteiger partial charge on any atom is -0.493 e. The lowest BCUT2D eigenvalue weighted by Gasteiger charge is -2.15. The summed E-state index contributed by atoms with van der Waals surface area (Å²) < 4.78 is 12.6. The van der Waals surface area contributed by atoms with Crippen molar-refractivity contribution in [2.75, 3.05) is 19.0 Å². The molecule has 0 radical (unpaired) electrons. The molecule has 0 saturated heterocycles. The molecule has 1 atom stereocenters. The van der Waals surface area contributed by atoms with Crippen LogP contribution in [0.25, 0.3) is 0 Å². The highest BCUT2D eigenvalue weighted by atomic mass is 16.5. The molecule has 0 aliphatic carbocycles. The summed E-state index contributed by atoms with van der Waals surface area (Å²) in [6.07, 6.45) is 2.61. The number of aromatic nitrogens is 2. The van der Waals surface area contributed by atoms with Crippen molar-refractivity contribution in [3.8, 4) is 11.5 Å². The lowest BCUT2D eigenvalue weighted by Crippen LogP contribution is -2.17. The van der Waals surface area contributed by atoms with Gasteiger partial charge in [-0.05, 0) is 38.5 Å². The van der Waals surface area contributed by atoms with Crippen LogP contribution in [0, 0.1) is 0 Å². The topological polar surface area (TPSA) is 65.4 Å². The molecule has 2 rings (SSSR count). The van der Waals surface area contributed by atoms with Crippen LogP contribution in [0.4, 0.5) is 5.82 Å². The highest BCUT2D eigenvalue weighted by Crippen LogP contribution is 2.28. The number of nitrogens with zero attached hydrogens (tertiary/aromatic N) is 2. The molecule has 1 N–H and O–H groups in total. The highest BCUT2D eigenvalue weighted by molar-refractivity contribution is 6.04. The van der Waals surface area contributed by atoms with Crippen LogP contribution in [-0.4, -0.2) is 29.4 Å². The molecule has 1 amide bonds. The van der Waals surface area contributed by atoms with Crippen LogP contribution in [0.1, 0.15) is 43.6 Å². The Kier molecular flexibility index (Phi) is 5.62. The summed E-state index contributed by atoms with van der Waals surface area (Å²) in [4.78, 5) is 12.5. The molecule has 1 aromatic carbocycles. The molecule has 6 nitrogen and oxygen atoms in total. The Balaban J connectivity index is 2.20. The Labute approximate surface area is 136 Å². The van der Waals surface area contributed by atoms with Crippen molar-refractivity contribution in [1.29, 1.82) is 0 Å². The van der Waals surface area contributed by atoms with Gasteiger partial charge in [-0.15, -0.1) is 0 Å². The number of methoxy groups -OCH3 is 1. The van der Waals surface area contributed by atoms with Crippen LogP contribution >= 0.6 is 0 Å². The Morgan fingerprint density at radius 1 is 1.30 bits per heavy atom. The van der Waals surface area contributed by atoms with Crippen molar-refractivity contribution in [3.05, 3.63) is 36.0 Å². The number of hydrogen-bond donors (Lipinski definition) is 1. The van der Waals surface area contributed by atoms with E-state index in [-0.39, 0.29) is 11.9 Å². The summed E-state index contributed by atoms with van der Waals surface area (Å²) in [6, 6.07) is 7.13. The van der Waals surface area contributed by atoms with Crippen molar-refractivity contribution in [2.45, 2.75) is 33.2 Å². The van der Waals surface area contributed by atoms with E-state index in [1.807, 2.05) is 11.6 Å². The van der Waals surface area contributed by atoms with E-state index in [2.05, 4.69) is 24.3 Å². The second kappa shape index (κ2) is 7.67. The number of amides is 1. The van der Waals surface area contributed by atoms with Crippen molar-refractivity contribution in [1.82, 2.24) is 9.78 Å². The maximum absolute atomic E-state index is 12.5. The first-order valence-corrected chi connectivity index (χ1v) is 7.76. The Morgan fingerprint density at radius 2 is 2.09 bits per heavy atom. The van der Waals surface area contributed by atoms with Crippen LogP contribution in [0.15, 0.2) is 30.5 Å². The molecular weight excluding hydrogens is 294 g/mol. The van der Waals surface area contributed by atoms with Gasteiger partial charge < -0.3 is 14.8 Å². The monoisotopic (exact) mass is 317 g/mol. The van der Waals surface area contributed by atoms with Crippen LogP contribution in [-0.2, 0) is 0 Å². The molecule has 0 aliphatic heterocycles. The van der Waals surface area contributed by atoms with Gasteiger partial charge in [-0.3, -0.25) is 4.79 Å². The normalized spacial score (nSPS) is 11.8. The molecule has 0 saturated carbocycles. The zero-order valence-corrected chi connectivity index (χ0v) is 14.0. The van der Waals surface area contributed by atoms with Crippen LogP contribution < -0.4 is 14.8 Å². The fourth-order valence-corrected chi connectivity index (χ4v) is 2.21. The van der Waals surface area contributed by atoms with E-state index in [0.29, 0.717) is 29.5 Å². The summed E-state index contributed by atoms with van der Waals surface area (Å²) in [5, 5.41) is 7.15. The SMILES string of the molecule is CCOc1ccc(C(=O)Nc2ccnn2C(C)CC)cc1OC. The van der Waals surface area contributed by atoms with Gasteiger partial charge >= 0.3 is 0 Å². The van der Waals surface area contributed by atoms with E-state index >= 15 is 0 Å². The standard InChI is InChI=1S/C17H23N3O3/c1-5-12(3)20-16(9-10-18-20)19-17(21)13-7-8-14(23-6-2)15(11-13)22-4/h7-12H,5-6H2,1-4H3,(H,19,21). The Morgan fingerprint density at radius 3 is 2.74 bits per heavy atom. The predicted molar refractivity (Wildman–Crippen MR) is 89.3 cm³/mol. The van der Waals surface area contributed by atoms with Crippen LogP contribution in [0.5, 0.6) is 11.5 Å². The van der Waals surface area contributed by atoms with Crippen molar-refractivity contribution in [3.63, 3.8) is 0 Å². The molecule has 1 heterocycles. The summed E-state index contributed by atoms with van der Waals surface area (Å²) >= 11 is 0. The minimum atomic E-state index is -0.212. The molecule has 1 aromatic heterocycles. The van der Waals surface area contributed by atoms with Gasteiger partial charge in [0, 0.05) is 11.6 Å². The van der Waals surface area contributed by atoms with E-state index in [4.69, 9.17) is 9.47 Å². The first-order valence-electron chi connectivity index (χ1n) is 7.76. The average molecular weight is 317 g/mol. The van der Waals surface area contributed by atoms with Gasteiger partial charge in [0.1, 0.15) is 5.82 Å². The third kappa shape index (κ3) is 3.83. The molecule has 0 bridgehead atoms. The summed E-state index contributed by atoms with van der Waals surface area (Å²) in [5.74, 6) is 1.62. The smallest absolute Gasteiger partial charge is 0.256 e. The average Bonchev–Trinajstić information content (AvgIpc) is 3.02. The second-order valence-corrected chi connectivity index (χ2v) is 5.17. The molecule has 0 fully saturated rings. The Hall–Kier alpha value is -2.50. The van der Waals surface area contributed by atoms with Crippen LogP contribution in [0.3, 0.4) is 0 Å². The van der Waals surface area contributed by atoms with E-state index in [0.717, 1.165) is 6.42 Å². The first kappa shape index (κ1) is 16.9. The van der Waals surface area contributed by atoms with Crippen LogP contribution in [0.2, 0.25) is 0 Å². The first-order chi connectivity index (χ1) is 11.1. The molecule has 0 spiro atoms. The number of hydrogen-bond acceptors (Lipinski definition) is 4. The highest BCUT2D eigenvalue weighted by Gasteiger charge is 2.14. The Bertz CT molecular complexity index is 667. The lowest BCUT2D eigenvalue weighted by molar-refractivity contribution is 0.102. The summed E-state index contributed by atoms with van der Waals surface area (Å²) in [5.41, 5.74) is 0.502. The molecule has 0 aliphatic rings. The fraction of sp³-hybridized carbons (Fsp3) is 0.412. The number of carbonyl (C=O) groups excluding carboxylic acids is 1. The maximum Gasteiger partial charge on any atom is 0.256 e. The quantitative estimate of drug-likeness (QED) is 0.848. The number of ether oxygens (including phenoxy) is 2. The number of nitrogens with one attached hydrogen (secondary N) is 1. The molecule has 124 valence electrons. The van der Waals surface area contributed by atoms with Crippen molar-refractivity contribution in [2.24, 2.45) is 0 Å². The third-order valence-corrected chi connectivity index (χ3v) is 3.65. The van der Waals surface area contributed by atoms with Gasteiger partial charge in [-0.2, -0.15) is 5.10 Å². The van der Waals surface area contributed by atoms with E-state index in [1.165, 1.54) is 0 Å². The van der Waals surface area contributed by atoms with E-state index in [1.54, 1.807) is 37.6 Å². The van der Waals surface area contributed by atoms with Crippen molar-refractivity contribution >= 4 is 11.7 Å². The van der Waals surface area contributed by atoms with Gasteiger partial charge in [-0.25, -0.2) is 4.68 Å². The maximum atomic E-state index is 12.5. The van der Waals surface area contributed by atoms with Gasteiger partial charge in [0.15, 0.2) is 11.5 Å². The molecule has 1 unspecified atom stereocenters. The number of benzene rings is 1. The van der Waals surface area contributed by atoms with E-state index < -0.39 is 0 Å². The summed E-state index contributed by atoms with van der Waals surface area (Å²) in [7, 11) is 1.55. The molecule has 6 heteroatoms. The fourth-order valence-electron chi connectivity index (χ4n) is 2.21. The zero-order chi connectivity index (χ0) is 16.8. The minimum absolute atomic E-state index is 0.212.